The van der Waals surface area contributed by atoms with Crippen LogP contribution in [0.25, 0.3) is 0 Å². The van der Waals surface area contributed by atoms with E-state index in [0.29, 0.717) is 25.9 Å². The molecule has 1 aliphatic heterocycles. The van der Waals surface area contributed by atoms with Gasteiger partial charge in [0.1, 0.15) is 5.41 Å². The topological polar surface area (TPSA) is 90.5 Å². The lowest BCUT2D eigenvalue weighted by atomic mass is 9.79. The van der Waals surface area contributed by atoms with Crippen LogP contribution in [0.5, 0.6) is 0 Å². The molecule has 1 aliphatic rings. The highest BCUT2D eigenvalue weighted by atomic mass is 16.2. The van der Waals surface area contributed by atoms with Crippen molar-refractivity contribution in [3.63, 3.8) is 0 Å². The summed E-state index contributed by atoms with van der Waals surface area (Å²) in [5.74, 6) is -0.734. The smallest absolute Gasteiger partial charge is 0.323 e. The molecule has 7 nitrogen and oxygen atoms in total. The van der Waals surface area contributed by atoms with Gasteiger partial charge in [0.25, 0.3) is 0 Å². The lowest BCUT2D eigenvalue weighted by Gasteiger charge is -2.32. The monoisotopic (exact) mass is 312 g/mol. The van der Waals surface area contributed by atoms with Crippen LogP contribution in [0.15, 0.2) is 0 Å². The van der Waals surface area contributed by atoms with Gasteiger partial charge in [-0.3, -0.25) is 14.5 Å². The number of hydrogen-bond acceptors (Lipinski definition) is 4. The molecule has 1 heterocycles. The maximum absolute atomic E-state index is 12.7. The summed E-state index contributed by atoms with van der Waals surface area (Å²) in [7, 11) is 1.43. The lowest BCUT2D eigenvalue weighted by Crippen LogP contribution is -2.55. The standard InChI is InChI=1S/C15H28N4O3/c1-4-15(5-2)12(20)17-10-6-8-16-9-7-11-18-14(22)19(3)13(15)21/h16H,4-11H2,1-3H3,(H,17,20)(H,18,22). The summed E-state index contributed by atoms with van der Waals surface area (Å²) >= 11 is 0. The number of amides is 4. The van der Waals surface area contributed by atoms with Gasteiger partial charge in [0.2, 0.25) is 11.8 Å². The first-order chi connectivity index (χ1) is 10.5. The van der Waals surface area contributed by atoms with Crippen LogP contribution in [0.2, 0.25) is 0 Å². The Hall–Kier alpha value is -1.63. The third-order valence-corrected chi connectivity index (χ3v) is 4.28. The van der Waals surface area contributed by atoms with Crippen LogP contribution in [0.1, 0.15) is 39.5 Å². The predicted molar refractivity (Wildman–Crippen MR) is 84.3 cm³/mol. The van der Waals surface area contributed by atoms with Crippen LogP contribution < -0.4 is 16.0 Å². The molecule has 0 aromatic carbocycles. The maximum Gasteiger partial charge on any atom is 0.323 e. The quantitative estimate of drug-likeness (QED) is 0.646. The molecule has 0 radical (unpaired) electrons. The Morgan fingerprint density at radius 1 is 0.955 bits per heavy atom. The van der Waals surface area contributed by atoms with Crippen LogP contribution in [-0.2, 0) is 9.59 Å². The van der Waals surface area contributed by atoms with E-state index < -0.39 is 17.4 Å². The van der Waals surface area contributed by atoms with Gasteiger partial charge in [-0.25, -0.2) is 4.79 Å². The highest BCUT2D eigenvalue weighted by molar-refractivity contribution is 6.09. The Bertz CT molecular complexity index is 408. The summed E-state index contributed by atoms with van der Waals surface area (Å²) in [4.78, 5) is 38.3. The summed E-state index contributed by atoms with van der Waals surface area (Å²) in [6.45, 7) is 6.22. The second-order valence-electron chi connectivity index (χ2n) is 5.60. The molecular weight excluding hydrogens is 284 g/mol. The number of carbonyl (C=O) groups is 3. The SMILES string of the molecule is CCC1(CC)C(=O)NCCCNCCCNC(=O)N(C)C1=O. The summed E-state index contributed by atoms with van der Waals surface area (Å²) in [5, 5.41) is 8.80. The molecule has 0 spiro atoms. The first kappa shape index (κ1) is 18.4. The number of carbonyl (C=O) groups excluding carboxylic acids is 3. The van der Waals surface area contributed by atoms with E-state index in [4.69, 9.17) is 0 Å². The molecule has 4 amide bonds. The van der Waals surface area contributed by atoms with Gasteiger partial charge in [0.05, 0.1) is 0 Å². The number of nitrogens with one attached hydrogen (secondary N) is 3. The second kappa shape index (κ2) is 8.73. The van der Waals surface area contributed by atoms with Crippen LogP contribution in [0.3, 0.4) is 0 Å². The highest BCUT2D eigenvalue weighted by Gasteiger charge is 2.45. The summed E-state index contributed by atoms with van der Waals surface area (Å²) < 4.78 is 0. The highest BCUT2D eigenvalue weighted by Crippen LogP contribution is 2.29. The van der Waals surface area contributed by atoms with Gasteiger partial charge in [-0.2, -0.15) is 0 Å². The molecule has 0 bridgehead atoms. The lowest BCUT2D eigenvalue weighted by molar-refractivity contribution is -0.148. The molecule has 1 rings (SSSR count). The molecule has 3 N–H and O–H groups in total. The number of rotatable bonds is 2. The van der Waals surface area contributed by atoms with Gasteiger partial charge in [-0.15, -0.1) is 0 Å². The van der Waals surface area contributed by atoms with Gasteiger partial charge >= 0.3 is 6.03 Å². The molecule has 7 heteroatoms. The number of hydrogen-bond donors (Lipinski definition) is 3. The molecule has 0 atom stereocenters. The molecule has 0 aliphatic carbocycles. The Labute approximate surface area is 132 Å². The average molecular weight is 312 g/mol. The van der Waals surface area contributed by atoms with Gasteiger partial charge < -0.3 is 16.0 Å². The van der Waals surface area contributed by atoms with E-state index in [0.717, 1.165) is 30.8 Å². The minimum absolute atomic E-state index is 0.292. The molecule has 0 aromatic heterocycles. The molecule has 126 valence electrons. The van der Waals surface area contributed by atoms with E-state index in [-0.39, 0.29) is 5.91 Å². The number of nitrogens with zero attached hydrogens (tertiary/aromatic N) is 1. The Morgan fingerprint density at radius 3 is 2.05 bits per heavy atom. The summed E-state index contributed by atoms with van der Waals surface area (Å²) in [6.07, 6.45) is 2.34. The van der Waals surface area contributed by atoms with Crippen molar-refractivity contribution in [1.82, 2.24) is 20.9 Å². The predicted octanol–water partition coefficient (Wildman–Crippen LogP) is 0.460. The van der Waals surface area contributed by atoms with Crippen LogP contribution in [0, 0.1) is 5.41 Å². The fourth-order valence-corrected chi connectivity index (χ4v) is 2.62. The van der Waals surface area contributed by atoms with Crippen LogP contribution >= 0.6 is 0 Å². The second-order valence-corrected chi connectivity index (χ2v) is 5.60. The molecule has 1 saturated heterocycles. The third-order valence-electron chi connectivity index (χ3n) is 4.28. The number of imide groups is 1. The molecular formula is C15H28N4O3. The molecule has 1 fully saturated rings. The van der Waals surface area contributed by atoms with E-state index in [2.05, 4.69) is 16.0 Å². The Kier molecular flexibility index (Phi) is 7.31. The zero-order chi connectivity index (χ0) is 16.6. The fourth-order valence-electron chi connectivity index (χ4n) is 2.62. The van der Waals surface area contributed by atoms with E-state index >= 15 is 0 Å². The Morgan fingerprint density at radius 2 is 1.50 bits per heavy atom. The first-order valence-electron chi connectivity index (χ1n) is 8.04. The average Bonchev–Trinajstić information content (AvgIpc) is 2.53. The molecule has 0 saturated carbocycles. The van der Waals surface area contributed by atoms with Crippen molar-refractivity contribution in [2.24, 2.45) is 5.41 Å². The van der Waals surface area contributed by atoms with Crippen molar-refractivity contribution in [3.05, 3.63) is 0 Å². The maximum atomic E-state index is 12.7. The van der Waals surface area contributed by atoms with Crippen molar-refractivity contribution in [2.45, 2.75) is 39.5 Å². The van der Waals surface area contributed by atoms with Crippen LogP contribution in [0.4, 0.5) is 4.79 Å². The fraction of sp³-hybridized carbons (Fsp3) is 0.800. The van der Waals surface area contributed by atoms with Crippen molar-refractivity contribution >= 4 is 17.8 Å². The van der Waals surface area contributed by atoms with Crippen molar-refractivity contribution < 1.29 is 14.4 Å². The van der Waals surface area contributed by atoms with E-state index in [1.165, 1.54) is 7.05 Å². The minimum Gasteiger partial charge on any atom is -0.355 e. The normalized spacial score (nSPS) is 21.8. The summed E-state index contributed by atoms with van der Waals surface area (Å²) in [6, 6.07) is -0.457. The van der Waals surface area contributed by atoms with E-state index in [1.807, 2.05) is 0 Å². The van der Waals surface area contributed by atoms with Crippen LogP contribution in [-0.4, -0.2) is 56.0 Å². The van der Waals surface area contributed by atoms with Gasteiger partial charge in [-0.1, -0.05) is 13.8 Å². The third kappa shape index (κ3) is 4.19. The largest absolute Gasteiger partial charge is 0.355 e. The molecule has 22 heavy (non-hydrogen) atoms. The van der Waals surface area contributed by atoms with Crippen molar-refractivity contribution in [2.75, 3.05) is 33.2 Å². The summed E-state index contributed by atoms with van der Waals surface area (Å²) in [5.41, 5.74) is -1.18. The minimum atomic E-state index is -1.18. The van der Waals surface area contributed by atoms with E-state index in [9.17, 15) is 14.4 Å². The zero-order valence-electron chi connectivity index (χ0n) is 13.8. The molecule has 0 aromatic rings. The van der Waals surface area contributed by atoms with Crippen molar-refractivity contribution in [1.29, 1.82) is 0 Å². The van der Waals surface area contributed by atoms with Gasteiger partial charge in [0, 0.05) is 20.1 Å². The molecule has 0 unspecified atom stereocenters. The van der Waals surface area contributed by atoms with Gasteiger partial charge in [-0.05, 0) is 38.8 Å². The zero-order valence-corrected chi connectivity index (χ0v) is 13.8. The van der Waals surface area contributed by atoms with Gasteiger partial charge in [0.15, 0.2) is 0 Å². The first-order valence-corrected chi connectivity index (χ1v) is 8.04. The van der Waals surface area contributed by atoms with Crippen molar-refractivity contribution in [3.8, 4) is 0 Å². The van der Waals surface area contributed by atoms with E-state index in [1.54, 1.807) is 13.8 Å². The number of urea groups is 1. The Balaban J connectivity index is 2.96.